The van der Waals surface area contributed by atoms with Crippen LogP contribution < -0.4 is 0 Å². The lowest BCUT2D eigenvalue weighted by Gasteiger charge is -2.02. The van der Waals surface area contributed by atoms with Gasteiger partial charge in [-0.1, -0.05) is 0 Å². The van der Waals surface area contributed by atoms with E-state index >= 15 is 0 Å². The Labute approximate surface area is 75.4 Å². The molecule has 0 aliphatic rings. The van der Waals surface area contributed by atoms with Gasteiger partial charge in [0.25, 0.3) is 5.89 Å². The minimum Gasteiger partial charge on any atom is -0.422 e. The van der Waals surface area contributed by atoms with Crippen LogP contribution in [0.25, 0.3) is 11.6 Å². The first-order chi connectivity index (χ1) is 6.27. The topological polar surface area (TPSA) is 56.7 Å². The molecule has 0 spiro atoms. The molecule has 0 aromatic carbocycles. The van der Waals surface area contributed by atoms with E-state index in [-0.39, 0.29) is 0 Å². The Bertz CT molecular complexity index is 377. The fourth-order valence-electron chi connectivity index (χ4n) is 1.02. The number of hydrogen-bond acceptors (Lipinski definition) is 4. The highest BCUT2D eigenvalue weighted by molar-refractivity contribution is 5.44. The van der Waals surface area contributed by atoms with Gasteiger partial charge in [-0.3, -0.25) is 4.68 Å². The summed E-state index contributed by atoms with van der Waals surface area (Å²) in [5, 5.41) is 11.6. The standard InChI is InChI=1S/C8H10N4O/c1-6(2)12-4-3-7(11-12)8-10-9-5-13-8/h3-6H,1-2H3. The third-order valence-electron chi connectivity index (χ3n) is 1.72. The molecule has 5 nitrogen and oxygen atoms in total. The summed E-state index contributed by atoms with van der Waals surface area (Å²) in [6.45, 7) is 4.12. The smallest absolute Gasteiger partial charge is 0.267 e. The molecule has 2 aromatic heterocycles. The van der Waals surface area contributed by atoms with Crippen molar-refractivity contribution in [1.29, 1.82) is 0 Å². The molecule has 13 heavy (non-hydrogen) atoms. The van der Waals surface area contributed by atoms with E-state index in [0.29, 0.717) is 17.6 Å². The van der Waals surface area contributed by atoms with Crippen molar-refractivity contribution in [2.75, 3.05) is 0 Å². The zero-order chi connectivity index (χ0) is 9.26. The zero-order valence-electron chi connectivity index (χ0n) is 7.51. The van der Waals surface area contributed by atoms with Gasteiger partial charge in [0, 0.05) is 12.2 Å². The molecule has 0 N–H and O–H groups in total. The minimum absolute atomic E-state index is 0.344. The van der Waals surface area contributed by atoms with Gasteiger partial charge in [0.1, 0.15) is 5.69 Å². The molecule has 0 atom stereocenters. The van der Waals surface area contributed by atoms with Crippen molar-refractivity contribution in [1.82, 2.24) is 20.0 Å². The number of rotatable bonds is 2. The summed E-state index contributed by atoms with van der Waals surface area (Å²) >= 11 is 0. The third-order valence-corrected chi connectivity index (χ3v) is 1.72. The highest BCUT2D eigenvalue weighted by atomic mass is 16.4. The van der Waals surface area contributed by atoms with Crippen LogP contribution in [0.4, 0.5) is 0 Å². The summed E-state index contributed by atoms with van der Waals surface area (Å²) in [6, 6.07) is 2.20. The van der Waals surface area contributed by atoms with E-state index in [9.17, 15) is 0 Å². The number of nitrogens with zero attached hydrogens (tertiary/aromatic N) is 4. The fraction of sp³-hybridized carbons (Fsp3) is 0.375. The molecule has 68 valence electrons. The molecule has 2 aromatic rings. The highest BCUT2D eigenvalue weighted by Gasteiger charge is 2.07. The van der Waals surface area contributed by atoms with Gasteiger partial charge in [0.2, 0.25) is 6.39 Å². The van der Waals surface area contributed by atoms with Gasteiger partial charge < -0.3 is 4.42 Å². The molecule has 0 saturated heterocycles. The Morgan fingerprint density at radius 3 is 2.85 bits per heavy atom. The van der Waals surface area contributed by atoms with Gasteiger partial charge in [-0.2, -0.15) is 5.10 Å². The Hall–Kier alpha value is -1.65. The average Bonchev–Trinajstić information content (AvgIpc) is 2.75. The maximum absolute atomic E-state index is 5.01. The van der Waals surface area contributed by atoms with Crippen molar-refractivity contribution in [3.05, 3.63) is 18.7 Å². The van der Waals surface area contributed by atoms with Crippen LogP contribution in [0, 0.1) is 0 Å². The second kappa shape index (κ2) is 3.01. The van der Waals surface area contributed by atoms with Crippen molar-refractivity contribution >= 4 is 0 Å². The van der Waals surface area contributed by atoms with Crippen LogP contribution in [-0.2, 0) is 0 Å². The van der Waals surface area contributed by atoms with Gasteiger partial charge in [-0.05, 0) is 19.9 Å². The first kappa shape index (κ1) is 7.97. The lowest BCUT2D eigenvalue weighted by Crippen LogP contribution is -2.00. The maximum atomic E-state index is 5.01. The summed E-state index contributed by atoms with van der Waals surface area (Å²) < 4.78 is 6.86. The molecule has 0 aliphatic heterocycles. The van der Waals surface area contributed by atoms with E-state index in [1.165, 1.54) is 6.39 Å². The Kier molecular flexibility index (Phi) is 1.84. The van der Waals surface area contributed by atoms with Crippen molar-refractivity contribution in [3.8, 4) is 11.6 Å². The molecular weight excluding hydrogens is 168 g/mol. The summed E-state index contributed by atoms with van der Waals surface area (Å²) in [4.78, 5) is 0. The molecule has 2 heterocycles. The van der Waals surface area contributed by atoms with Crippen LogP contribution in [0.5, 0.6) is 0 Å². The third kappa shape index (κ3) is 1.44. The van der Waals surface area contributed by atoms with E-state index in [1.807, 2.05) is 16.9 Å². The van der Waals surface area contributed by atoms with Gasteiger partial charge >= 0.3 is 0 Å². The van der Waals surface area contributed by atoms with E-state index in [4.69, 9.17) is 4.42 Å². The Morgan fingerprint density at radius 2 is 2.31 bits per heavy atom. The van der Waals surface area contributed by atoms with E-state index in [2.05, 4.69) is 29.1 Å². The van der Waals surface area contributed by atoms with E-state index in [1.54, 1.807) is 0 Å². The normalized spacial score (nSPS) is 11.0. The van der Waals surface area contributed by atoms with Gasteiger partial charge in [-0.15, -0.1) is 10.2 Å². The fourth-order valence-corrected chi connectivity index (χ4v) is 1.02. The van der Waals surface area contributed by atoms with Crippen LogP contribution in [-0.4, -0.2) is 20.0 Å². The lowest BCUT2D eigenvalue weighted by molar-refractivity contribution is 0.525. The van der Waals surface area contributed by atoms with Crippen LogP contribution in [0.3, 0.4) is 0 Å². The average molecular weight is 178 g/mol. The summed E-state index contributed by atoms with van der Waals surface area (Å²) in [6.07, 6.45) is 3.19. The lowest BCUT2D eigenvalue weighted by atomic mass is 10.4. The highest BCUT2D eigenvalue weighted by Crippen LogP contribution is 2.14. The first-order valence-electron chi connectivity index (χ1n) is 4.09. The van der Waals surface area contributed by atoms with Gasteiger partial charge in [0.15, 0.2) is 0 Å². The second-order valence-corrected chi connectivity index (χ2v) is 3.02. The Balaban J connectivity index is 2.33. The maximum Gasteiger partial charge on any atom is 0.267 e. The molecule has 0 radical (unpaired) electrons. The van der Waals surface area contributed by atoms with Crippen LogP contribution in [0.1, 0.15) is 19.9 Å². The number of aromatic nitrogens is 4. The SMILES string of the molecule is CC(C)n1ccc(-c2nnco2)n1. The molecule has 0 fully saturated rings. The molecular formula is C8H10N4O. The monoisotopic (exact) mass is 178 g/mol. The van der Waals surface area contributed by atoms with Crippen LogP contribution in [0.15, 0.2) is 23.1 Å². The second-order valence-electron chi connectivity index (χ2n) is 3.02. The number of hydrogen-bond donors (Lipinski definition) is 0. The van der Waals surface area contributed by atoms with Crippen LogP contribution >= 0.6 is 0 Å². The Morgan fingerprint density at radius 1 is 1.46 bits per heavy atom. The van der Waals surface area contributed by atoms with Crippen molar-refractivity contribution in [3.63, 3.8) is 0 Å². The summed E-state index contributed by atoms with van der Waals surface area (Å²) in [7, 11) is 0. The van der Waals surface area contributed by atoms with Crippen LogP contribution in [0.2, 0.25) is 0 Å². The van der Waals surface area contributed by atoms with E-state index < -0.39 is 0 Å². The van der Waals surface area contributed by atoms with E-state index in [0.717, 1.165) is 0 Å². The summed E-state index contributed by atoms with van der Waals surface area (Å²) in [5.41, 5.74) is 0.714. The summed E-state index contributed by atoms with van der Waals surface area (Å²) in [5.74, 6) is 0.458. The molecule has 2 rings (SSSR count). The van der Waals surface area contributed by atoms with Crippen molar-refractivity contribution in [2.24, 2.45) is 0 Å². The molecule has 0 bridgehead atoms. The zero-order valence-corrected chi connectivity index (χ0v) is 7.51. The van der Waals surface area contributed by atoms with Crippen molar-refractivity contribution in [2.45, 2.75) is 19.9 Å². The molecule has 0 aliphatic carbocycles. The molecule has 0 unspecified atom stereocenters. The van der Waals surface area contributed by atoms with Gasteiger partial charge in [0.05, 0.1) is 0 Å². The largest absolute Gasteiger partial charge is 0.422 e. The van der Waals surface area contributed by atoms with Crippen molar-refractivity contribution < 1.29 is 4.42 Å². The predicted molar refractivity (Wildman–Crippen MR) is 45.9 cm³/mol. The predicted octanol–water partition coefficient (Wildman–Crippen LogP) is 1.51. The van der Waals surface area contributed by atoms with Gasteiger partial charge in [-0.25, -0.2) is 0 Å². The molecule has 0 saturated carbocycles. The first-order valence-corrected chi connectivity index (χ1v) is 4.09. The minimum atomic E-state index is 0.344. The quantitative estimate of drug-likeness (QED) is 0.699. The molecule has 0 amide bonds. The molecule has 5 heteroatoms.